The van der Waals surface area contributed by atoms with E-state index in [2.05, 4.69) is 63.0 Å². The van der Waals surface area contributed by atoms with E-state index in [0.717, 1.165) is 0 Å². The molecule has 11 heavy (non-hydrogen) atoms. The molecule has 0 N–H and O–H groups in total. The van der Waals surface area contributed by atoms with Gasteiger partial charge in [0, 0.05) is 4.83 Å². The van der Waals surface area contributed by atoms with Gasteiger partial charge in [-0.15, -0.1) is 0 Å². The van der Waals surface area contributed by atoms with Gasteiger partial charge >= 0.3 is 0 Å². The van der Waals surface area contributed by atoms with Gasteiger partial charge in [-0.2, -0.15) is 0 Å². The maximum Gasteiger partial charge on any atom is 0.0517 e. The summed E-state index contributed by atoms with van der Waals surface area (Å²) >= 11 is 7.13. The van der Waals surface area contributed by atoms with Gasteiger partial charge in [0.05, 0.1) is 4.83 Å². The highest BCUT2D eigenvalue weighted by Crippen LogP contribution is 2.30. The Morgan fingerprint density at radius 2 is 1.64 bits per heavy atom. The molecule has 2 heteroatoms. The molecule has 0 amide bonds. The number of halogens is 2. The van der Waals surface area contributed by atoms with Gasteiger partial charge < -0.3 is 0 Å². The molecule has 0 aliphatic heterocycles. The summed E-state index contributed by atoms with van der Waals surface area (Å²) in [6.45, 7) is 2.13. The number of alkyl halides is 2. The van der Waals surface area contributed by atoms with Crippen LogP contribution in [0.25, 0.3) is 0 Å². The molecule has 0 spiro atoms. The largest absolute Gasteiger partial charge is 0.0878 e. The summed E-state index contributed by atoms with van der Waals surface area (Å²) in [5.41, 5.74) is 1.32. The van der Waals surface area contributed by atoms with Crippen LogP contribution >= 0.6 is 31.9 Å². The maximum absolute atomic E-state index is 3.60. The molecule has 0 fully saturated rings. The van der Waals surface area contributed by atoms with Crippen LogP contribution in [0.15, 0.2) is 30.3 Å². The second-order valence-corrected chi connectivity index (χ2v) is 4.92. The van der Waals surface area contributed by atoms with Gasteiger partial charge in [0.1, 0.15) is 0 Å². The third-order valence-corrected chi connectivity index (χ3v) is 4.08. The molecule has 0 aromatic heterocycles. The summed E-state index contributed by atoms with van der Waals surface area (Å²) in [6.07, 6.45) is 0. The Bertz CT molecular complexity index is 206. The normalized spacial score (nSPS) is 15.9. The van der Waals surface area contributed by atoms with Crippen molar-refractivity contribution in [2.75, 3.05) is 0 Å². The van der Waals surface area contributed by atoms with E-state index < -0.39 is 0 Å². The van der Waals surface area contributed by atoms with E-state index in [9.17, 15) is 0 Å². The minimum absolute atomic E-state index is 0.406. The summed E-state index contributed by atoms with van der Waals surface area (Å²) in [6, 6.07) is 10.4. The fraction of sp³-hybridized carbons (Fsp3) is 0.333. The minimum Gasteiger partial charge on any atom is -0.0878 e. The van der Waals surface area contributed by atoms with Crippen LogP contribution in [0.3, 0.4) is 0 Å². The van der Waals surface area contributed by atoms with Crippen molar-refractivity contribution in [2.45, 2.75) is 16.6 Å². The van der Waals surface area contributed by atoms with E-state index in [1.807, 2.05) is 6.07 Å². The van der Waals surface area contributed by atoms with E-state index in [1.165, 1.54) is 5.56 Å². The van der Waals surface area contributed by atoms with E-state index in [0.29, 0.717) is 9.65 Å². The first-order valence-corrected chi connectivity index (χ1v) is 5.38. The number of hydrogen-bond donors (Lipinski definition) is 0. The lowest BCUT2D eigenvalue weighted by Crippen LogP contribution is -2.00. The lowest BCUT2D eigenvalue weighted by Gasteiger charge is -2.11. The van der Waals surface area contributed by atoms with Crippen LogP contribution in [0.5, 0.6) is 0 Å². The third kappa shape index (κ3) is 2.60. The molecule has 0 radical (unpaired) electrons. The van der Waals surface area contributed by atoms with Crippen LogP contribution in [0.2, 0.25) is 0 Å². The summed E-state index contributed by atoms with van der Waals surface area (Å²) in [5, 5.41) is 0. The van der Waals surface area contributed by atoms with Crippen LogP contribution in [0.4, 0.5) is 0 Å². The van der Waals surface area contributed by atoms with Crippen molar-refractivity contribution in [1.82, 2.24) is 0 Å². The smallest absolute Gasteiger partial charge is 0.0517 e. The third-order valence-electron chi connectivity index (χ3n) is 1.52. The van der Waals surface area contributed by atoms with Crippen LogP contribution in [0.1, 0.15) is 17.3 Å². The van der Waals surface area contributed by atoms with Crippen molar-refractivity contribution in [2.24, 2.45) is 0 Å². The van der Waals surface area contributed by atoms with E-state index >= 15 is 0 Å². The van der Waals surface area contributed by atoms with Crippen molar-refractivity contribution in [3.05, 3.63) is 35.9 Å². The second-order valence-electron chi connectivity index (χ2n) is 2.49. The van der Waals surface area contributed by atoms with Crippen LogP contribution < -0.4 is 0 Å². The highest BCUT2D eigenvalue weighted by atomic mass is 79.9. The molecule has 0 heterocycles. The summed E-state index contributed by atoms with van der Waals surface area (Å²) < 4.78 is 0. The standard InChI is InChI=1S/C9H10Br2/c1-7(10)9(11)8-5-3-2-4-6-8/h2-7,9H,1H3/t7-,9-/m0/s1. The number of hydrogen-bond acceptors (Lipinski definition) is 0. The van der Waals surface area contributed by atoms with Gasteiger partial charge in [-0.05, 0) is 5.56 Å². The highest BCUT2D eigenvalue weighted by Gasteiger charge is 2.11. The SMILES string of the molecule is C[C@H](Br)[C@H](Br)c1ccccc1. The molecule has 0 unspecified atom stereocenters. The van der Waals surface area contributed by atoms with Gasteiger partial charge in [-0.25, -0.2) is 0 Å². The molecule has 60 valence electrons. The number of rotatable bonds is 2. The quantitative estimate of drug-likeness (QED) is 0.719. The Hall–Kier alpha value is 0.180. The topological polar surface area (TPSA) is 0 Å². The first kappa shape index (κ1) is 9.27. The Kier molecular flexibility index (Phi) is 3.60. The molecule has 1 rings (SSSR count). The molecule has 0 aliphatic rings. The average molecular weight is 278 g/mol. The molecule has 0 bridgehead atoms. The first-order chi connectivity index (χ1) is 5.22. The number of benzene rings is 1. The zero-order valence-electron chi connectivity index (χ0n) is 6.30. The van der Waals surface area contributed by atoms with Gasteiger partial charge in [0.25, 0.3) is 0 Å². The van der Waals surface area contributed by atoms with Crippen molar-refractivity contribution >= 4 is 31.9 Å². The molecule has 1 aromatic carbocycles. The zero-order chi connectivity index (χ0) is 8.27. The predicted octanol–water partition coefficient (Wildman–Crippen LogP) is 3.91. The zero-order valence-corrected chi connectivity index (χ0v) is 9.47. The molecule has 0 aliphatic carbocycles. The predicted molar refractivity (Wildman–Crippen MR) is 56.5 cm³/mol. The van der Waals surface area contributed by atoms with Crippen molar-refractivity contribution in [3.63, 3.8) is 0 Å². The monoisotopic (exact) mass is 276 g/mol. The van der Waals surface area contributed by atoms with Crippen LogP contribution in [-0.2, 0) is 0 Å². The molecular weight excluding hydrogens is 268 g/mol. The van der Waals surface area contributed by atoms with Crippen molar-refractivity contribution < 1.29 is 0 Å². The van der Waals surface area contributed by atoms with E-state index in [4.69, 9.17) is 0 Å². The summed E-state index contributed by atoms with van der Waals surface area (Å²) in [5.74, 6) is 0. The Labute approximate surface area is 84.3 Å². The average Bonchev–Trinajstić information content (AvgIpc) is 2.05. The molecule has 0 saturated carbocycles. The molecule has 2 atom stereocenters. The van der Waals surface area contributed by atoms with E-state index in [-0.39, 0.29) is 0 Å². The second kappa shape index (κ2) is 4.27. The Balaban J connectivity index is 2.77. The van der Waals surface area contributed by atoms with Crippen LogP contribution in [-0.4, -0.2) is 4.83 Å². The van der Waals surface area contributed by atoms with Crippen molar-refractivity contribution in [3.8, 4) is 0 Å². The highest BCUT2D eigenvalue weighted by molar-refractivity contribution is 9.12. The van der Waals surface area contributed by atoms with E-state index in [1.54, 1.807) is 0 Å². The fourth-order valence-electron chi connectivity index (χ4n) is 0.902. The maximum atomic E-state index is 3.60. The lowest BCUT2D eigenvalue weighted by atomic mass is 10.1. The van der Waals surface area contributed by atoms with Gasteiger partial charge in [0.2, 0.25) is 0 Å². The van der Waals surface area contributed by atoms with Gasteiger partial charge in [-0.1, -0.05) is 69.1 Å². The van der Waals surface area contributed by atoms with Gasteiger partial charge in [0.15, 0.2) is 0 Å². The Morgan fingerprint density at radius 3 is 2.09 bits per heavy atom. The molecule has 0 saturated heterocycles. The van der Waals surface area contributed by atoms with Crippen LogP contribution in [0, 0.1) is 0 Å². The summed E-state index contributed by atoms with van der Waals surface area (Å²) in [7, 11) is 0. The Morgan fingerprint density at radius 1 is 1.09 bits per heavy atom. The first-order valence-electron chi connectivity index (χ1n) is 3.55. The fourth-order valence-corrected chi connectivity index (χ4v) is 1.51. The minimum atomic E-state index is 0.406. The van der Waals surface area contributed by atoms with Crippen molar-refractivity contribution in [1.29, 1.82) is 0 Å². The van der Waals surface area contributed by atoms with Gasteiger partial charge in [-0.3, -0.25) is 0 Å². The lowest BCUT2D eigenvalue weighted by molar-refractivity contribution is 0.949. The molecule has 1 aromatic rings. The molecule has 0 nitrogen and oxygen atoms in total. The molecular formula is C9H10Br2. The summed E-state index contributed by atoms with van der Waals surface area (Å²) in [4.78, 5) is 0.869.